The molecular weight excluding hydrogens is 457 g/mol. The summed E-state index contributed by atoms with van der Waals surface area (Å²) >= 11 is 0. The van der Waals surface area contributed by atoms with Crippen molar-refractivity contribution in [3.8, 4) is 0 Å². The molecule has 156 valence electrons. The van der Waals surface area contributed by atoms with E-state index in [1.165, 1.54) is 19.3 Å². The number of methoxy groups -OCH3 is 1. The van der Waals surface area contributed by atoms with E-state index in [4.69, 9.17) is 14.3 Å². The minimum absolute atomic E-state index is 0. The van der Waals surface area contributed by atoms with E-state index in [-0.39, 0.29) is 24.0 Å². The van der Waals surface area contributed by atoms with Crippen molar-refractivity contribution in [3.63, 3.8) is 0 Å². The highest BCUT2D eigenvalue weighted by Crippen LogP contribution is 2.44. The zero-order valence-corrected chi connectivity index (χ0v) is 19.5. The van der Waals surface area contributed by atoms with Gasteiger partial charge in [0.2, 0.25) is 5.89 Å². The summed E-state index contributed by atoms with van der Waals surface area (Å²) in [6.45, 7) is 9.60. The van der Waals surface area contributed by atoms with E-state index in [0.717, 1.165) is 57.3 Å². The summed E-state index contributed by atoms with van der Waals surface area (Å²) in [5.41, 5.74) is 0.343. The monoisotopic (exact) mass is 493 g/mol. The largest absolute Gasteiger partial charge is 0.385 e. The van der Waals surface area contributed by atoms with Crippen LogP contribution in [-0.2, 0) is 11.2 Å². The van der Waals surface area contributed by atoms with Crippen molar-refractivity contribution in [2.24, 2.45) is 10.4 Å². The van der Waals surface area contributed by atoms with Gasteiger partial charge in [0.25, 0.3) is 0 Å². The van der Waals surface area contributed by atoms with Gasteiger partial charge in [-0.2, -0.15) is 4.98 Å². The van der Waals surface area contributed by atoms with Crippen molar-refractivity contribution >= 4 is 29.9 Å². The minimum Gasteiger partial charge on any atom is -0.385 e. The van der Waals surface area contributed by atoms with E-state index in [9.17, 15) is 0 Å². The topological polar surface area (TPSA) is 84.6 Å². The zero-order chi connectivity index (χ0) is 18.8. The zero-order valence-electron chi connectivity index (χ0n) is 17.2. The maximum atomic E-state index is 5.29. The molecule has 0 bridgehead atoms. The molecule has 0 unspecified atom stereocenters. The van der Waals surface area contributed by atoms with Gasteiger partial charge in [0.15, 0.2) is 11.8 Å². The molecule has 0 saturated heterocycles. The Kier molecular flexibility index (Phi) is 11.2. The van der Waals surface area contributed by atoms with E-state index in [1.54, 1.807) is 7.11 Å². The summed E-state index contributed by atoms with van der Waals surface area (Å²) in [5.74, 6) is 2.69. The van der Waals surface area contributed by atoms with E-state index in [0.29, 0.717) is 17.2 Å². The number of aryl methyl sites for hydroxylation is 1. The average Bonchev–Trinajstić information content (AvgIpc) is 3.06. The summed E-state index contributed by atoms with van der Waals surface area (Å²) in [7, 11) is 1.77. The smallest absolute Gasteiger partial charge is 0.226 e. The molecule has 1 aromatic heterocycles. The summed E-state index contributed by atoms with van der Waals surface area (Å²) in [5, 5.41) is 10.8. The van der Waals surface area contributed by atoms with Crippen LogP contribution < -0.4 is 10.6 Å². The molecule has 1 fully saturated rings. The van der Waals surface area contributed by atoms with Crippen molar-refractivity contribution in [3.05, 3.63) is 11.7 Å². The second-order valence-electron chi connectivity index (χ2n) is 7.52. The van der Waals surface area contributed by atoms with E-state index in [2.05, 4.69) is 41.5 Å². The van der Waals surface area contributed by atoms with E-state index in [1.807, 2.05) is 0 Å². The number of nitrogens with one attached hydrogen (secondary N) is 2. The predicted octanol–water partition coefficient (Wildman–Crippen LogP) is 3.51. The van der Waals surface area contributed by atoms with Crippen LogP contribution in [0.2, 0.25) is 0 Å². The number of ether oxygens (including phenoxy) is 1. The molecule has 0 amide bonds. The Hall–Kier alpha value is -0.900. The normalized spacial score (nSPS) is 16.0. The Labute approximate surface area is 180 Å². The first-order valence-corrected chi connectivity index (χ1v) is 9.92. The molecule has 1 aliphatic carbocycles. The predicted molar refractivity (Wildman–Crippen MR) is 119 cm³/mol. The fraction of sp³-hybridized carbons (Fsp3) is 0.842. The number of nitrogens with zero attached hydrogens (tertiary/aromatic N) is 3. The molecule has 2 rings (SSSR count). The SMILES string of the molecule is CCNC(=NCC1(CCOC)CCC1)NCCCc1nc(C(C)C)no1.I. The summed E-state index contributed by atoms with van der Waals surface area (Å²) in [6, 6.07) is 0. The van der Waals surface area contributed by atoms with Crippen LogP contribution in [0.25, 0.3) is 0 Å². The van der Waals surface area contributed by atoms with Crippen LogP contribution in [0.4, 0.5) is 0 Å². The maximum absolute atomic E-state index is 5.29. The first kappa shape index (κ1) is 24.1. The molecule has 0 spiro atoms. The molecule has 0 aliphatic heterocycles. The number of aromatic nitrogens is 2. The van der Waals surface area contributed by atoms with Gasteiger partial charge in [0, 0.05) is 45.7 Å². The molecule has 2 N–H and O–H groups in total. The lowest BCUT2D eigenvalue weighted by molar-refractivity contribution is 0.0778. The van der Waals surface area contributed by atoms with Gasteiger partial charge in [-0.15, -0.1) is 24.0 Å². The molecule has 1 saturated carbocycles. The molecular formula is C19H36IN5O2. The highest BCUT2D eigenvalue weighted by molar-refractivity contribution is 14.0. The van der Waals surface area contributed by atoms with Crippen LogP contribution in [0, 0.1) is 5.41 Å². The van der Waals surface area contributed by atoms with E-state index >= 15 is 0 Å². The quantitative estimate of drug-likeness (QED) is 0.213. The molecule has 1 aliphatic rings. The molecule has 1 aromatic rings. The third kappa shape index (κ3) is 7.93. The van der Waals surface area contributed by atoms with Crippen LogP contribution in [0.5, 0.6) is 0 Å². The average molecular weight is 493 g/mol. The molecule has 1 heterocycles. The van der Waals surface area contributed by atoms with Crippen molar-refractivity contribution in [2.45, 2.75) is 65.2 Å². The van der Waals surface area contributed by atoms with Gasteiger partial charge < -0.3 is 19.9 Å². The standard InChI is InChI=1S/C19H35N5O2.HI/c1-5-20-18(22-14-19(9-7-10-19)11-13-25-4)21-12-6-8-16-23-17(15(2)3)24-26-16;/h15H,5-14H2,1-4H3,(H2,20,21,22);1H. The maximum Gasteiger partial charge on any atom is 0.226 e. The highest BCUT2D eigenvalue weighted by Gasteiger charge is 2.36. The van der Waals surface area contributed by atoms with Gasteiger partial charge in [0.05, 0.1) is 0 Å². The second-order valence-corrected chi connectivity index (χ2v) is 7.52. The molecule has 7 nitrogen and oxygen atoms in total. The molecule has 0 aromatic carbocycles. The molecule has 0 atom stereocenters. The summed E-state index contributed by atoms with van der Waals surface area (Å²) in [4.78, 5) is 9.24. The number of guanidine groups is 1. The van der Waals surface area contributed by atoms with Crippen LogP contribution in [0.3, 0.4) is 0 Å². The molecule has 27 heavy (non-hydrogen) atoms. The van der Waals surface area contributed by atoms with Crippen LogP contribution >= 0.6 is 24.0 Å². The number of rotatable bonds is 11. The Morgan fingerprint density at radius 1 is 1.33 bits per heavy atom. The Balaban J connectivity index is 0.00000364. The lowest BCUT2D eigenvalue weighted by Crippen LogP contribution is -2.40. The van der Waals surface area contributed by atoms with Crippen molar-refractivity contribution in [2.75, 3.05) is 33.4 Å². The fourth-order valence-corrected chi connectivity index (χ4v) is 3.12. The first-order chi connectivity index (χ1) is 12.6. The molecule has 8 heteroatoms. The minimum atomic E-state index is 0. The summed E-state index contributed by atoms with van der Waals surface area (Å²) in [6.07, 6.45) is 6.64. The van der Waals surface area contributed by atoms with Crippen molar-refractivity contribution in [1.82, 2.24) is 20.8 Å². The Morgan fingerprint density at radius 2 is 2.11 bits per heavy atom. The summed E-state index contributed by atoms with van der Waals surface area (Å²) < 4.78 is 10.6. The fourth-order valence-electron chi connectivity index (χ4n) is 3.12. The number of halogens is 1. The first-order valence-electron chi connectivity index (χ1n) is 9.92. The number of aliphatic imine (C=N–C) groups is 1. The Morgan fingerprint density at radius 3 is 2.67 bits per heavy atom. The van der Waals surface area contributed by atoms with Gasteiger partial charge in [-0.1, -0.05) is 25.4 Å². The second kappa shape index (κ2) is 12.5. The van der Waals surface area contributed by atoms with Gasteiger partial charge in [0.1, 0.15) is 0 Å². The van der Waals surface area contributed by atoms with Crippen LogP contribution in [0.1, 0.15) is 70.5 Å². The third-order valence-corrected chi connectivity index (χ3v) is 5.03. The lowest BCUT2D eigenvalue weighted by atomic mass is 9.67. The van der Waals surface area contributed by atoms with Crippen LogP contribution in [0.15, 0.2) is 9.52 Å². The van der Waals surface area contributed by atoms with Gasteiger partial charge >= 0.3 is 0 Å². The number of hydrogen-bond acceptors (Lipinski definition) is 5. The lowest BCUT2D eigenvalue weighted by Gasteiger charge is -2.40. The number of hydrogen-bond donors (Lipinski definition) is 2. The Bertz CT molecular complexity index is 558. The van der Waals surface area contributed by atoms with Gasteiger partial charge in [-0.25, -0.2) is 0 Å². The van der Waals surface area contributed by atoms with Crippen molar-refractivity contribution < 1.29 is 9.26 Å². The van der Waals surface area contributed by atoms with Crippen LogP contribution in [-0.4, -0.2) is 49.5 Å². The van der Waals surface area contributed by atoms with Crippen molar-refractivity contribution in [1.29, 1.82) is 0 Å². The van der Waals surface area contributed by atoms with Gasteiger partial charge in [-0.3, -0.25) is 4.99 Å². The van der Waals surface area contributed by atoms with Gasteiger partial charge in [-0.05, 0) is 38.0 Å². The highest BCUT2D eigenvalue weighted by atomic mass is 127. The van der Waals surface area contributed by atoms with E-state index < -0.39 is 0 Å². The third-order valence-electron chi connectivity index (χ3n) is 5.03. The molecule has 0 radical (unpaired) electrons.